The summed E-state index contributed by atoms with van der Waals surface area (Å²) < 4.78 is 0. The van der Waals surface area contributed by atoms with Gasteiger partial charge in [0.25, 0.3) is 5.69 Å². The Kier molecular flexibility index (Phi) is 7.09. The van der Waals surface area contributed by atoms with Crippen LogP contribution in [0.3, 0.4) is 0 Å². The van der Waals surface area contributed by atoms with Crippen molar-refractivity contribution in [2.45, 2.75) is 19.4 Å². The zero-order chi connectivity index (χ0) is 18.6. The van der Waals surface area contributed by atoms with Crippen LogP contribution in [-0.4, -0.2) is 21.8 Å². The average molecular weight is 379 g/mol. The van der Waals surface area contributed by atoms with Crippen LogP contribution in [0.4, 0.5) is 11.4 Å². The lowest BCUT2D eigenvalue weighted by Gasteiger charge is -2.17. The summed E-state index contributed by atoms with van der Waals surface area (Å²) in [5, 5.41) is 30.8. The van der Waals surface area contributed by atoms with E-state index in [9.17, 15) is 20.0 Å². The molecule has 0 aliphatic carbocycles. The minimum Gasteiger partial charge on any atom is -0.479 e. The van der Waals surface area contributed by atoms with Crippen LogP contribution < -0.4 is 11.1 Å². The van der Waals surface area contributed by atoms with Crippen LogP contribution >= 0.6 is 12.4 Å². The zero-order valence-corrected chi connectivity index (χ0v) is 14.7. The number of amidine groups is 1. The van der Waals surface area contributed by atoms with Gasteiger partial charge in [-0.2, -0.15) is 0 Å². The number of nitrogen functional groups attached to an aromatic ring is 1. The van der Waals surface area contributed by atoms with Gasteiger partial charge in [-0.05, 0) is 48.4 Å². The monoisotopic (exact) mass is 378 g/mol. The van der Waals surface area contributed by atoms with E-state index >= 15 is 0 Å². The first kappa shape index (κ1) is 20.9. The van der Waals surface area contributed by atoms with Crippen LogP contribution in [0.5, 0.6) is 0 Å². The molecule has 0 heterocycles. The molecule has 2 aromatic rings. The number of halogens is 1. The van der Waals surface area contributed by atoms with Crippen LogP contribution in [0.15, 0.2) is 42.5 Å². The van der Waals surface area contributed by atoms with Crippen molar-refractivity contribution in [2.75, 3.05) is 5.32 Å². The third kappa shape index (κ3) is 4.70. The minimum absolute atomic E-state index is 0. The molecule has 2 rings (SSSR count). The van der Waals surface area contributed by atoms with Crippen LogP contribution in [0.25, 0.3) is 0 Å². The second-order valence-corrected chi connectivity index (χ2v) is 5.41. The highest BCUT2D eigenvalue weighted by atomic mass is 35.5. The smallest absolute Gasteiger partial charge is 0.330 e. The van der Waals surface area contributed by atoms with Gasteiger partial charge in [0.1, 0.15) is 5.84 Å². The molecule has 0 spiro atoms. The number of aryl methyl sites for hydroxylation is 1. The number of hydrogen-bond acceptors (Lipinski definition) is 5. The number of anilines is 1. The predicted octanol–water partition coefficient (Wildman–Crippen LogP) is 3.10. The van der Waals surface area contributed by atoms with Crippen molar-refractivity contribution in [1.29, 1.82) is 5.41 Å². The molecule has 0 aromatic heterocycles. The molecule has 0 amide bonds. The fraction of sp³-hybridized carbons (Fsp3) is 0.176. The lowest BCUT2D eigenvalue weighted by atomic mass is 10.0. The number of hydrogen-bond donors (Lipinski definition) is 4. The Morgan fingerprint density at radius 3 is 2.38 bits per heavy atom. The SMILES string of the molecule is CCc1cc(C(Nc2ccc(C(=N)N)cc2)C(=O)O)ccc1[N+](=O)[O-].Cl. The van der Waals surface area contributed by atoms with E-state index in [4.69, 9.17) is 11.1 Å². The lowest BCUT2D eigenvalue weighted by Crippen LogP contribution is -2.21. The van der Waals surface area contributed by atoms with Crippen LogP contribution in [-0.2, 0) is 11.2 Å². The maximum atomic E-state index is 11.6. The highest BCUT2D eigenvalue weighted by molar-refractivity contribution is 5.95. The van der Waals surface area contributed by atoms with Gasteiger partial charge in [-0.15, -0.1) is 12.4 Å². The molecule has 0 saturated heterocycles. The molecule has 0 fully saturated rings. The molecule has 9 heteroatoms. The molecule has 1 atom stereocenters. The molecular formula is C17H19ClN4O4. The van der Waals surface area contributed by atoms with Crippen molar-refractivity contribution in [3.8, 4) is 0 Å². The summed E-state index contributed by atoms with van der Waals surface area (Å²) in [6, 6.07) is 9.70. The Balaban J connectivity index is 0.00000338. The van der Waals surface area contributed by atoms with Gasteiger partial charge in [-0.1, -0.05) is 6.92 Å². The number of nitrogens with zero attached hydrogens (tertiary/aromatic N) is 1. The third-order valence-electron chi connectivity index (χ3n) is 3.77. The van der Waals surface area contributed by atoms with Crippen molar-refractivity contribution in [2.24, 2.45) is 5.73 Å². The zero-order valence-electron chi connectivity index (χ0n) is 13.9. The van der Waals surface area contributed by atoms with Crippen molar-refractivity contribution < 1.29 is 14.8 Å². The highest BCUT2D eigenvalue weighted by Gasteiger charge is 2.22. The first-order valence-corrected chi connectivity index (χ1v) is 7.54. The molecule has 0 aliphatic heterocycles. The van der Waals surface area contributed by atoms with E-state index in [2.05, 4.69) is 5.32 Å². The van der Waals surface area contributed by atoms with Crippen LogP contribution in [0.2, 0.25) is 0 Å². The van der Waals surface area contributed by atoms with Gasteiger partial charge in [0, 0.05) is 22.9 Å². The Morgan fingerprint density at radius 2 is 1.92 bits per heavy atom. The van der Waals surface area contributed by atoms with E-state index in [1.165, 1.54) is 18.2 Å². The van der Waals surface area contributed by atoms with E-state index in [-0.39, 0.29) is 23.9 Å². The number of carbonyl (C=O) groups is 1. The van der Waals surface area contributed by atoms with Gasteiger partial charge in [0.2, 0.25) is 0 Å². The van der Waals surface area contributed by atoms with Crippen LogP contribution in [0, 0.1) is 15.5 Å². The first-order chi connectivity index (χ1) is 11.8. The summed E-state index contributed by atoms with van der Waals surface area (Å²) in [6.07, 6.45) is 0.420. The number of nitro benzene ring substituents is 1. The van der Waals surface area contributed by atoms with Gasteiger partial charge >= 0.3 is 5.97 Å². The summed E-state index contributed by atoms with van der Waals surface area (Å²) in [4.78, 5) is 22.2. The molecule has 5 N–H and O–H groups in total. The maximum Gasteiger partial charge on any atom is 0.330 e. The van der Waals surface area contributed by atoms with E-state index in [1.807, 2.05) is 0 Å². The lowest BCUT2D eigenvalue weighted by molar-refractivity contribution is -0.385. The number of nitrogens with two attached hydrogens (primary N) is 1. The van der Waals surface area contributed by atoms with Gasteiger partial charge in [-0.25, -0.2) is 4.79 Å². The predicted molar refractivity (Wildman–Crippen MR) is 101 cm³/mol. The molecule has 0 saturated carbocycles. The molecule has 0 radical (unpaired) electrons. The number of nitrogens with one attached hydrogen (secondary N) is 2. The molecule has 2 aromatic carbocycles. The molecule has 26 heavy (non-hydrogen) atoms. The second kappa shape index (κ2) is 8.82. The van der Waals surface area contributed by atoms with Gasteiger partial charge < -0.3 is 16.2 Å². The number of nitro groups is 1. The number of carboxylic acid groups (broad SMARTS) is 1. The number of rotatable bonds is 7. The molecule has 8 nitrogen and oxygen atoms in total. The largest absolute Gasteiger partial charge is 0.479 e. The molecule has 138 valence electrons. The summed E-state index contributed by atoms with van der Waals surface area (Å²) in [6.45, 7) is 1.77. The fourth-order valence-corrected chi connectivity index (χ4v) is 2.45. The first-order valence-electron chi connectivity index (χ1n) is 7.54. The maximum absolute atomic E-state index is 11.6. The normalized spacial score (nSPS) is 11.1. The van der Waals surface area contributed by atoms with Crippen molar-refractivity contribution in [3.05, 3.63) is 69.3 Å². The average Bonchev–Trinajstić information content (AvgIpc) is 2.59. The van der Waals surface area contributed by atoms with Crippen molar-refractivity contribution in [3.63, 3.8) is 0 Å². The number of benzene rings is 2. The van der Waals surface area contributed by atoms with Crippen molar-refractivity contribution in [1.82, 2.24) is 0 Å². The second-order valence-electron chi connectivity index (χ2n) is 5.41. The topological polar surface area (TPSA) is 142 Å². The number of carboxylic acids is 1. The third-order valence-corrected chi connectivity index (χ3v) is 3.77. The van der Waals surface area contributed by atoms with E-state index in [0.29, 0.717) is 28.8 Å². The standard InChI is InChI=1S/C17H18N4O4.ClH/c1-2-10-9-12(5-8-14(10)21(24)25)15(17(22)23)20-13-6-3-11(4-7-13)16(18)19;/h3-9,15,20H,2H2,1H3,(H3,18,19)(H,22,23);1H. The number of aliphatic carboxylic acids is 1. The molecular weight excluding hydrogens is 360 g/mol. The highest BCUT2D eigenvalue weighted by Crippen LogP contribution is 2.26. The summed E-state index contributed by atoms with van der Waals surface area (Å²) in [5.41, 5.74) is 7.32. The quantitative estimate of drug-likeness (QED) is 0.252. The molecule has 0 bridgehead atoms. The minimum atomic E-state index is -1.11. The molecule has 0 aliphatic rings. The molecule has 1 unspecified atom stereocenters. The van der Waals surface area contributed by atoms with Gasteiger partial charge in [0.15, 0.2) is 6.04 Å². The fourth-order valence-electron chi connectivity index (χ4n) is 2.45. The Hall–Kier alpha value is -3.13. The van der Waals surface area contributed by atoms with Gasteiger partial charge in [-0.3, -0.25) is 15.5 Å². The van der Waals surface area contributed by atoms with E-state index in [1.54, 1.807) is 31.2 Å². The Bertz CT molecular complexity index is 824. The van der Waals surface area contributed by atoms with E-state index < -0.39 is 16.9 Å². The van der Waals surface area contributed by atoms with Crippen molar-refractivity contribution >= 4 is 35.6 Å². The van der Waals surface area contributed by atoms with Crippen LogP contribution in [0.1, 0.15) is 29.7 Å². The Morgan fingerprint density at radius 1 is 1.31 bits per heavy atom. The summed E-state index contributed by atoms with van der Waals surface area (Å²) in [5.74, 6) is -1.18. The Labute approximate surface area is 156 Å². The summed E-state index contributed by atoms with van der Waals surface area (Å²) in [7, 11) is 0. The summed E-state index contributed by atoms with van der Waals surface area (Å²) >= 11 is 0. The van der Waals surface area contributed by atoms with Gasteiger partial charge in [0.05, 0.1) is 4.92 Å². The van der Waals surface area contributed by atoms with E-state index in [0.717, 1.165) is 0 Å².